The molecular weight excluding hydrogens is 388 g/mol. The van der Waals surface area contributed by atoms with E-state index >= 15 is 0 Å². The number of carbonyl (C=O) groups is 1. The SMILES string of the molecule is CC(=O)Cn1c(C)c(Cc2ccccc2S(=O)(=O)N2CCOCC2)c2c1CCC2. The van der Waals surface area contributed by atoms with Crippen molar-refractivity contribution in [1.82, 2.24) is 8.87 Å². The number of morpholine rings is 1. The first-order valence-corrected chi connectivity index (χ1v) is 11.7. The molecule has 0 N–H and O–H groups in total. The molecule has 1 aliphatic heterocycles. The van der Waals surface area contributed by atoms with Gasteiger partial charge in [-0.2, -0.15) is 4.31 Å². The molecule has 1 aromatic heterocycles. The van der Waals surface area contributed by atoms with E-state index in [1.165, 1.54) is 21.1 Å². The summed E-state index contributed by atoms with van der Waals surface area (Å²) in [5, 5.41) is 0. The lowest BCUT2D eigenvalue weighted by Gasteiger charge is -2.27. The van der Waals surface area contributed by atoms with Gasteiger partial charge in [-0.1, -0.05) is 18.2 Å². The minimum Gasteiger partial charge on any atom is -0.379 e. The molecule has 2 heterocycles. The summed E-state index contributed by atoms with van der Waals surface area (Å²) in [6.07, 6.45) is 3.63. The number of rotatable bonds is 6. The number of hydrogen-bond acceptors (Lipinski definition) is 4. The molecule has 1 saturated heterocycles. The van der Waals surface area contributed by atoms with Gasteiger partial charge in [-0.05, 0) is 55.9 Å². The summed E-state index contributed by atoms with van der Waals surface area (Å²) in [6, 6.07) is 7.31. The molecule has 0 saturated carbocycles. The Morgan fingerprint density at radius 1 is 1.14 bits per heavy atom. The van der Waals surface area contributed by atoms with Crippen molar-refractivity contribution in [1.29, 1.82) is 0 Å². The summed E-state index contributed by atoms with van der Waals surface area (Å²) in [5.74, 6) is 0.139. The first-order valence-electron chi connectivity index (χ1n) is 10.2. The highest BCUT2D eigenvalue weighted by molar-refractivity contribution is 7.89. The summed E-state index contributed by atoms with van der Waals surface area (Å²) in [5.41, 5.74) is 5.65. The lowest BCUT2D eigenvalue weighted by Crippen LogP contribution is -2.40. The van der Waals surface area contributed by atoms with Crippen LogP contribution in [0, 0.1) is 6.92 Å². The van der Waals surface area contributed by atoms with Crippen LogP contribution in [0.15, 0.2) is 29.2 Å². The van der Waals surface area contributed by atoms with Gasteiger partial charge in [0.15, 0.2) is 0 Å². The van der Waals surface area contributed by atoms with E-state index in [1.807, 2.05) is 12.1 Å². The van der Waals surface area contributed by atoms with Crippen molar-refractivity contribution in [2.75, 3.05) is 26.3 Å². The van der Waals surface area contributed by atoms with Crippen molar-refractivity contribution >= 4 is 15.8 Å². The third kappa shape index (κ3) is 3.79. The zero-order valence-electron chi connectivity index (χ0n) is 17.1. The molecule has 2 aliphatic rings. The van der Waals surface area contributed by atoms with Crippen molar-refractivity contribution < 1.29 is 17.9 Å². The molecule has 156 valence electrons. The highest BCUT2D eigenvalue weighted by atomic mass is 32.2. The second-order valence-electron chi connectivity index (χ2n) is 7.93. The van der Waals surface area contributed by atoms with Gasteiger partial charge in [0.05, 0.1) is 24.7 Å². The Morgan fingerprint density at radius 3 is 2.59 bits per heavy atom. The van der Waals surface area contributed by atoms with Crippen LogP contribution >= 0.6 is 0 Å². The molecule has 0 radical (unpaired) electrons. The molecule has 7 heteroatoms. The fourth-order valence-corrected chi connectivity index (χ4v) is 6.25. The maximum atomic E-state index is 13.3. The van der Waals surface area contributed by atoms with Crippen LogP contribution in [0.3, 0.4) is 0 Å². The van der Waals surface area contributed by atoms with E-state index in [-0.39, 0.29) is 5.78 Å². The second-order valence-corrected chi connectivity index (χ2v) is 9.84. The second kappa shape index (κ2) is 8.05. The summed E-state index contributed by atoms with van der Waals surface area (Å²) >= 11 is 0. The smallest absolute Gasteiger partial charge is 0.243 e. The Labute approximate surface area is 172 Å². The zero-order valence-corrected chi connectivity index (χ0v) is 17.9. The molecule has 0 unspecified atom stereocenters. The zero-order chi connectivity index (χ0) is 20.6. The number of sulfonamides is 1. The monoisotopic (exact) mass is 416 g/mol. The van der Waals surface area contributed by atoms with Gasteiger partial charge < -0.3 is 9.30 Å². The molecule has 1 fully saturated rings. The van der Waals surface area contributed by atoms with Crippen molar-refractivity contribution in [3.05, 3.63) is 52.3 Å². The number of ketones is 1. The molecule has 29 heavy (non-hydrogen) atoms. The average molecular weight is 417 g/mol. The van der Waals surface area contributed by atoms with Gasteiger partial charge in [-0.15, -0.1) is 0 Å². The summed E-state index contributed by atoms with van der Waals surface area (Å²) in [6.45, 7) is 5.70. The van der Waals surface area contributed by atoms with Crippen LogP contribution < -0.4 is 0 Å². The summed E-state index contributed by atoms with van der Waals surface area (Å²) in [7, 11) is -3.56. The van der Waals surface area contributed by atoms with Crippen molar-refractivity contribution in [3.8, 4) is 0 Å². The molecule has 2 aromatic rings. The predicted octanol–water partition coefficient (Wildman–Crippen LogP) is 2.49. The third-order valence-corrected chi connectivity index (χ3v) is 8.03. The van der Waals surface area contributed by atoms with Gasteiger partial charge in [-0.25, -0.2) is 8.42 Å². The predicted molar refractivity (Wildman–Crippen MR) is 111 cm³/mol. The van der Waals surface area contributed by atoms with E-state index in [4.69, 9.17) is 4.74 Å². The minimum absolute atomic E-state index is 0.139. The highest BCUT2D eigenvalue weighted by Gasteiger charge is 2.30. The number of benzene rings is 1. The molecule has 0 amide bonds. The van der Waals surface area contributed by atoms with E-state index < -0.39 is 10.0 Å². The lowest BCUT2D eigenvalue weighted by molar-refractivity contribution is -0.117. The lowest BCUT2D eigenvalue weighted by atomic mass is 10.0. The van der Waals surface area contributed by atoms with Crippen molar-refractivity contribution in [3.63, 3.8) is 0 Å². The number of carbonyl (C=O) groups excluding carboxylic acids is 1. The van der Waals surface area contributed by atoms with Crippen LogP contribution in [-0.2, 0) is 45.4 Å². The maximum absolute atomic E-state index is 13.3. The molecule has 1 aliphatic carbocycles. The molecule has 1 aromatic carbocycles. The van der Waals surface area contributed by atoms with E-state index in [2.05, 4.69) is 11.5 Å². The van der Waals surface area contributed by atoms with Gasteiger partial charge in [-0.3, -0.25) is 4.79 Å². The van der Waals surface area contributed by atoms with Crippen LogP contribution in [0.2, 0.25) is 0 Å². The van der Waals surface area contributed by atoms with Gasteiger partial charge in [0.2, 0.25) is 10.0 Å². The van der Waals surface area contributed by atoms with Crippen molar-refractivity contribution in [2.24, 2.45) is 0 Å². The number of aromatic nitrogens is 1. The maximum Gasteiger partial charge on any atom is 0.243 e. The normalized spacial score (nSPS) is 17.4. The largest absolute Gasteiger partial charge is 0.379 e. The molecule has 6 nitrogen and oxygen atoms in total. The minimum atomic E-state index is -3.56. The van der Waals surface area contributed by atoms with Gasteiger partial charge in [0.1, 0.15) is 5.78 Å². The van der Waals surface area contributed by atoms with Gasteiger partial charge in [0, 0.05) is 30.9 Å². The first kappa shape index (κ1) is 20.3. The van der Waals surface area contributed by atoms with E-state index in [0.29, 0.717) is 44.2 Å². The van der Waals surface area contributed by atoms with Crippen LogP contribution in [0.5, 0.6) is 0 Å². The Balaban J connectivity index is 1.73. The van der Waals surface area contributed by atoms with E-state index in [1.54, 1.807) is 19.1 Å². The Morgan fingerprint density at radius 2 is 1.86 bits per heavy atom. The van der Waals surface area contributed by atoms with E-state index in [9.17, 15) is 13.2 Å². The Kier molecular flexibility index (Phi) is 5.64. The van der Waals surface area contributed by atoms with E-state index in [0.717, 1.165) is 30.5 Å². The summed E-state index contributed by atoms with van der Waals surface area (Å²) in [4.78, 5) is 12.2. The average Bonchev–Trinajstić information content (AvgIpc) is 3.27. The number of ether oxygens (including phenoxy) is 1. The quantitative estimate of drug-likeness (QED) is 0.726. The molecule has 0 spiro atoms. The van der Waals surface area contributed by atoms with Crippen LogP contribution in [0.4, 0.5) is 0 Å². The number of hydrogen-bond donors (Lipinski definition) is 0. The Hall–Kier alpha value is -1.96. The van der Waals surface area contributed by atoms with Crippen LogP contribution in [0.25, 0.3) is 0 Å². The highest BCUT2D eigenvalue weighted by Crippen LogP contribution is 2.34. The number of fused-ring (bicyclic) bond motifs is 1. The standard InChI is InChI=1S/C22H28N2O4S/c1-16(25)15-24-17(2)20(19-7-5-8-21(19)24)14-18-6-3-4-9-22(18)29(26,27)23-10-12-28-13-11-23/h3-4,6,9H,5,7-8,10-15H2,1-2H3. The van der Waals surface area contributed by atoms with Gasteiger partial charge >= 0.3 is 0 Å². The number of Topliss-reactive ketones (excluding diaryl/α,β-unsaturated/α-hetero) is 1. The van der Waals surface area contributed by atoms with Crippen LogP contribution in [-0.4, -0.2) is 49.4 Å². The first-order chi connectivity index (χ1) is 13.9. The molecule has 0 atom stereocenters. The summed E-state index contributed by atoms with van der Waals surface area (Å²) < 4.78 is 35.6. The fraction of sp³-hybridized carbons (Fsp3) is 0.500. The number of nitrogens with zero attached hydrogens (tertiary/aromatic N) is 2. The molecule has 4 rings (SSSR count). The van der Waals surface area contributed by atoms with Crippen molar-refractivity contribution in [2.45, 2.75) is 51.0 Å². The molecular formula is C22H28N2O4S. The fourth-order valence-electron chi connectivity index (χ4n) is 4.62. The van der Waals surface area contributed by atoms with Gasteiger partial charge in [0.25, 0.3) is 0 Å². The van der Waals surface area contributed by atoms with Crippen LogP contribution in [0.1, 0.15) is 41.4 Å². The Bertz CT molecular complexity index is 1030. The third-order valence-electron chi connectivity index (χ3n) is 6.03. The topological polar surface area (TPSA) is 68.6 Å². The molecule has 0 bridgehead atoms.